The molecule has 0 aromatic heterocycles. The summed E-state index contributed by atoms with van der Waals surface area (Å²) in [6.45, 7) is 4.81. The Morgan fingerprint density at radius 3 is 2.62 bits per heavy atom. The van der Waals surface area contributed by atoms with Gasteiger partial charge in [0, 0.05) is 0 Å². The van der Waals surface area contributed by atoms with Crippen molar-refractivity contribution in [2.24, 2.45) is 28.6 Å². The zero-order valence-corrected chi connectivity index (χ0v) is 13.5. The lowest BCUT2D eigenvalue weighted by Gasteiger charge is -2.57. The summed E-state index contributed by atoms with van der Waals surface area (Å²) in [5, 5.41) is 20.5. The van der Waals surface area contributed by atoms with Crippen LogP contribution in [-0.2, 0) is 0 Å². The van der Waals surface area contributed by atoms with E-state index in [1.165, 1.54) is 25.7 Å². The van der Waals surface area contributed by atoms with Gasteiger partial charge in [-0.1, -0.05) is 25.5 Å². The molecule has 3 fully saturated rings. The molecule has 2 heteroatoms. The molecule has 0 aromatic carbocycles. The first kappa shape index (κ1) is 14.3. The van der Waals surface area contributed by atoms with Gasteiger partial charge in [0.2, 0.25) is 0 Å². The lowest BCUT2D eigenvalue weighted by atomic mass is 9.48. The highest BCUT2D eigenvalue weighted by Gasteiger charge is 2.58. The summed E-state index contributed by atoms with van der Waals surface area (Å²) in [4.78, 5) is 0. The summed E-state index contributed by atoms with van der Waals surface area (Å²) in [5.74, 6) is 2.27. The van der Waals surface area contributed by atoms with E-state index in [4.69, 9.17) is 0 Å². The molecular formula is C19H30O2. The van der Waals surface area contributed by atoms with E-state index in [-0.39, 0.29) is 17.6 Å². The van der Waals surface area contributed by atoms with Gasteiger partial charge in [-0.2, -0.15) is 0 Å². The summed E-state index contributed by atoms with van der Waals surface area (Å²) >= 11 is 0. The van der Waals surface area contributed by atoms with E-state index >= 15 is 0 Å². The van der Waals surface area contributed by atoms with Gasteiger partial charge in [0.05, 0.1) is 12.2 Å². The first-order valence-corrected chi connectivity index (χ1v) is 9.01. The molecular weight excluding hydrogens is 260 g/mol. The van der Waals surface area contributed by atoms with Crippen molar-refractivity contribution < 1.29 is 10.2 Å². The van der Waals surface area contributed by atoms with Crippen LogP contribution >= 0.6 is 0 Å². The molecule has 0 heterocycles. The second-order valence-electron chi connectivity index (χ2n) is 8.79. The lowest BCUT2D eigenvalue weighted by Crippen LogP contribution is -2.51. The van der Waals surface area contributed by atoms with Gasteiger partial charge in [0.1, 0.15) is 0 Å². The summed E-state index contributed by atoms with van der Waals surface area (Å²) < 4.78 is 0. The average molecular weight is 290 g/mol. The SMILES string of the molecule is C[C@@]12CC[C@@H]3[C@@H](CC=C4C[C@H](O)CC[C@@]43C)[C@@H]1CC[C@@H]2O. The molecule has 2 nitrogen and oxygen atoms in total. The summed E-state index contributed by atoms with van der Waals surface area (Å²) in [7, 11) is 0. The number of fused-ring (bicyclic) bond motifs is 5. The average Bonchev–Trinajstić information content (AvgIpc) is 2.76. The number of hydrogen-bond acceptors (Lipinski definition) is 2. The number of allylic oxidation sites excluding steroid dienone is 1. The Balaban J connectivity index is 1.68. The molecule has 0 aromatic rings. The van der Waals surface area contributed by atoms with Gasteiger partial charge >= 0.3 is 0 Å². The molecule has 0 spiro atoms. The fraction of sp³-hybridized carbons (Fsp3) is 0.895. The minimum atomic E-state index is -0.108. The van der Waals surface area contributed by atoms with Gasteiger partial charge in [-0.15, -0.1) is 0 Å². The molecule has 21 heavy (non-hydrogen) atoms. The van der Waals surface area contributed by atoms with Crippen LogP contribution in [0.15, 0.2) is 11.6 Å². The van der Waals surface area contributed by atoms with Crippen molar-refractivity contribution >= 4 is 0 Å². The summed E-state index contributed by atoms with van der Waals surface area (Å²) in [6.07, 6.45) is 11.2. The normalized spacial score (nSPS) is 56.2. The van der Waals surface area contributed by atoms with Gasteiger partial charge < -0.3 is 10.2 Å². The van der Waals surface area contributed by atoms with E-state index in [9.17, 15) is 10.2 Å². The maximum Gasteiger partial charge on any atom is 0.0596 e. The Morgan fingerprint density at radius 1 is 1.00 bits per heavy atom. The summed E-state index contributed by atoms with van der Waals surface area (Å²) in [6, 6.07) is 0. The fourth-order valence-electron chi connectivity index (χ4n) is 6.61. The molecule has 3 saturated carbocycles. The Hall–Kier alpha value is -0.340. The van der Waals surface area contributed by atoms with Crippen LogP contribution in [0.5, 0.6) is 0 Å². The molecule has 118 valence electrons. The third-order valence-electron chi connectivity index (χ3n) is 8.03. The topological polar surface area (TPSA) is 40.5 Å². The van der Waals surface area contributed by atoms with Crippen LogP contribution in [0.2, 0.25) is 0 Å². The predicted molar refractivity (Wildman–Crippen MR) is 83.7 cm³/mol. The van der Waals surface area contributed by atoms with E-state index in [2.05, 4.69) is 19.9 Å². The molecule has 0 aliphatic heterocycles. The number of aliphatic hydroxyl groups is 2. The van der Waals surface area contributed by atoms with Crippen molar-refractivity contribution in [3.63, 3.8) is 0 Å². The number of aliphatic hydroxyl groups excluding tert-OH is 2. The smallest absolute Gasteiger partial charge is 0.0596 e. The van der Waals surface area contributed by atoms with Crippen LogP contribution in [0.1, 0.15) is 65.2 Å². The molecule has 0 saturated heterocycles. The molecule has 4 aliphatic rings. The standard InChI is InChI=1S/C19H30O2/c1-18-9-7-13(20)11-12(18)3-4-14-15-5-6-17(21)19(15,2)10-8-16(14)18/h3,13-17,20-21H,4-11H2,1-2H3/t13-,14+,15+,16-,17+,18+,19-/m1/s1. The second-order valence-corrected chi connectivity index (χ2v) is 8.79. The largest absolute Gasteiger partial charge is 0.393 e. The van der Waals surface area contributed by atoms with Crippen molar-refractivity contribution in [1.29, 1.82) is 0 Å². The highest BCUT2D eigenvalue weighted by molar-refractivity contribution is 5.25. The third kappa shape index (κ3) is 1.84. The van der Waals surface area contributed by atoms with Crippen molar-refractivity contribution in [3.8, 4) is 0 Å². The Labute approximate surface area is 128 Å². The minimum Gasteiger partial charge on any atom is -0.393 e. The molecule has 0 bridgehead atoms. The van der Waals surface area contributed by atoms with Gasteiger partial charge in [0.15, 0.2) is 0 Å². The molecule has 4 aliphatic carbocycles. The number of rotatable bonds is 0. The maximum absolute atomic E-state index is 10.5. The van der Waals surface area contributed by atoms with Crippen LogP contribution in [0, 0.1) is 28.6 Å². The first-order valence-electron chi connectivity index (χ1n) is 9.01. The van der Waals surface area contributed by atoms with Gasteiger partial charge in [-0.25, -0.2) is 0 Å². The van der Waals surface area contributed by atoms with Gasteiger partial charge in [-0.3, -0.25) is 0 Å². The van der Waals surface area contributed by atoms with Crippen molar-refractivity contribution in [2.45, 2.75) is 77.4 Å². The van der Waals surface area contributed by atoms with Gasteiger partial charge in [0.25, 0.3) is 0 Å². The Morgan fingerprint density at radius 2 is 1.81 bits per heavy atom. The van der Waals surface area contributed by atoms with Crippen molar-refractivity contribution in [2.75, 3.05) is 0 Å². The number of hydrogen-bond donors (Lipinski definition) is 2. The maximum atomic E-state index is 10.5. The zero-order valence-electron chi connectivity index (χ0n) is 13.5. The zero-order chi connectivity index (χ0) is 14.8. The molecule has 2 N–H and O–H groups in total. The van der Waals surface area contributed by atoms with E-state index in [1.54, 1.807) is 5.57 Å². The lowest BCUT2D eigenvalue weighted by molar-refractivity contribution is -0.0711. The van der Waals surface area contributed by atoms with Crippen molar-refractivity contribution in [1.82, 2.24) is 0 Å². The summed E-state index contributed by atoms with van der Waals surface area (Å²) in [5.41, 5.74) is 2.05. The predicted octanol–water partition coefficient (Wildman–Crippen LogP) is 3.67. The quantitative estimate of drug-likeness (QED) is 0.668. The highest BCUT2D eigenvalue weighted by Crippen LogP contribution is 2.64. The molecule has 0 amide bonds. The Bertz CT molecular complexity index is 470. The van der Waals surface area contributed by atoms with E-state index in [1.807, 2.05) is 0 Å². The van der Waals surface area contributed by atoms with Gasteiger partial charge in [-0.05, 0) is 80.0 Å². The van der Waals surface area contributed by atoms with Crippen LogP contribution in [0.3, 0.4) is 0 Å². The fourth-order valence-corrected chi connectivity index (χ4v) is 6.61. The van der Waals surface area contributed by atoms with E-state index in [0.29, 0.717) is 11.3 Å². The first-order chi connectivity index (χ1) is 9.95. The minimum absolute atomic E-state index is 0.0742. The molecule has 0 unspecified atom stereocenters. The van der Waals surface area contributed by atoms with Crippen molar-refractivity contribution in [3.05, 3.63) is 11.6 Å². The third-order valence-corrected chi connectivity index (χ3v) is 8.03. The van der Waals surface area contributed by atoms with E-state index in [0.717, 1.165) is 37.5 Å². The molecule has 7 atom stereocenters. The Kier molecular flexibility index (Phi) is 3.11. The highest BCUT2D eigenvalue weighted by atomic mass is 16.3. The second kappa shape index (κ2) is 4.58. The van der Waals surface area contributed by atoms with Crippen LogP contribution in [-0.4, -0.2) is 22.4 Å². The van der Waals surface area contributed by atoms with E-state index < -0.39 is 0 Å². The molecule has 0 radical (unpaired) electrons. The molecule has 4 rings (SSSR count). The van der Waals surface area contributed by atoms with Crippen LogP contribution in [0.4, 0.5) is 0 Å². The monoisotopic (exact) mass is 290 g/mol. The van der Waals surface area contributed by atoms with Crippen LogP contribution < -0.4 is 0 Å². The van der Waals surface area contributed by atoms with Crippen LogP contribution in [0.25, 0.3) is 0 Å².